The lowest BCUT2D eigenvalue weighted by Crippen LogP contribution is -2.28. The second-order valence-corrected chi connectivity index (χ2v) is 18.3. The minimum absolute atomic E-state index is 0.200. The van der Waals surface area contributed by atoms with Gasteiger partial charge in [-0.15, -0.1) is 0 Å². The summed E-state index contributed by atoms with van der Waals surface area (Å²) < 4.78 is 32.7. The van der Waals surface area contributed by atoms with Gasteiger partial charge in [0.05, 0.1) is 26.4 Å². The van der Waals surface area contributed by atoms with Gasteiger partial charge in [-0.05, 0) is 12.8 Å². The number of hydrogen-bond acceptors (Lipinski definition) is 9. The van der Waals surface area contributed by atoms with E-state index in [1.807, 2.05) is 0 Å². The van der Waals surface area contributed by atoms with Gasteiger partial charge in [0.1, 0.15) is 12.2 Å². The van der Waals surface area contributed by atoms with Gasteiger partial charge >= 0.3 is 19.8 Å². The summed E-state index contributed by atoms with van der Waals surface area (Å²) in [6, 6.07) is 0. The van der Waals surface area contributed by atoms with E-state index in [4.69, 9.17) is 18.5 Å². The molecule has 0 radical (unpaired) electrons. The van der Waals surface area contributed by atoms with Gasteiger partial charge in [-0.25, -0.2) is 4.57 Å². The molecule has 346 valence electrons. The first kappa shape index (κ1) is 57.0. The number of aliphatic hydroxyl groups is 2. The molecule has 0 saturated heterocycles. The molecule has 0 heterocycles. The molecule has 0 aliphatic carbocycles. The molecule has 0 aromatic rings. The average molecular weight is 849 g/mol. The Labute approximate surface area is 356 Å². The maximum Gasteiger partial charge on any atom is 0.472 e. The van der Waals surface area contributed by atoms with Crippen molar-refractivity contribution in [2.45, 2.75) is 264 Å². The average Bonchev–Trinajstić information content (AvgIpc) is 3.21. The van der Waals surface area contributed by atoms with Crippen LogP contribution < -0.4 is 0 Å². The minimum Gasteiger partial charge on any atom is -0.457 e. The van der Waals surface area contributed by atoms with Crippen molar-refractivity contribution in [3.05, 3.63) is 0 Å². The summed E-state index contributed by atoms with van der Waals surface area (Å²) in [5.41, 5.74) is 0. The Morgan fingerprint density at radius 3 is 0.810 bits per heavy atom. The van der Waals surface area contributed by atoms with Crippen molar-refractivity contribution in [3.8, 4) is 0 Å². The molecule has 11 heteroatoms. The third-order valence-electron chi connectivity index (χ3n) is 11.1. The van der Waals surface area contributed by atoms with E-state index in [0.29, 0.717) is 12.8 Å². The number of hydrogen-bond donors (Lipinski definition) is 3. The first-order valence-electron chi connectivity index (χ1n) is 24.5. The van der Waals surface area contributed by atoms with Crippen LogP contribution >= 0.6 is 7.82 Å². The van der Waals surface area contributed by atoms with Crippen molar-refractivity contribution in [2.24, 2.45) is 0 Å². The molecular formula is C47H93O10P. The van der Waals surface area contributed by atoms with Crippen LogP contribution in [0, 0.1) is 0 Å². The van der Waals surface area contributed by atoms with Gasteiger partial charge in [0.25, 0.3) is 0 Å². The summed E-state index contributed by atoms with van der Waals surface area (Å²) in [6.07, 6.45) is 42.1. The topological polar surface area (TPSA) is 149 Å². The SMILES string of the molecule is CCCCCCCCCCCCCCCCCCCCC(=O)OC(CO)COP(=O)(O)OCC(CO)OC(=O)CCCCCCCCCCCCCCCCCCC. The van der Waals surface area contributed by atoms with Gasteiger partial charge in [-0.1, -0.05) is 226 Å². The molecule has 0 aromatic carbocycles. The Morgan fingerprint density at radius 2 is 0.603 bits per heavy atom. The summed E-state index contributed by atoms with van der Waals surface area (Å²) in [6.45, 7) is 2.27. The van der Waals surface area contributed by atoms with Crippen molar-refractivity contribution in [2.75, 3.05) is 26.4 Å². The van der Waals surface area contributed by atoms with Gasteiger partial charge < -0.3 is 24.6 Å². The van der Waals surface area contributed by atoms with Crippen molar-refractivity contribution in [1.82, 2.24) is 0 Å². The van der Waals surface area contributed by atoms with E-state index < -0.39 is 58.4 Å². The van der Waals surface area contributed by atoms with Gasteiger partial charge in [-0.3, -0.25) is 18.6 Å². The van der Waals surface area contributed by atoms with E-state index >= 15 is 0 Å². The molecule has 3 N–H and O–H groups in total. The van der Waals surface area contributed by atoms with E-state index in [2.05, 4.69) is 13.8 Å². The summed E-state index contributed by atoms with van der Waals surface area (Å²) in [5, 5.41) is 19.2. The largest absolute Gasteiger partial charge is 0.472 e. The first-order chi connectivity index (χ1) is 28.3. The quantitative estimate of drug-likeness (QED) is 0.0307. The van der Waals surface area contributed by atoms with E-state index in [9.17, 15) is 29.3 Å². The molecule has 3 unspecified atom stereocenters. The lowest BCUT2D eigenvalue weighted by atomic mass is 10.0. The maximum absolute atomic E-state index is 12.4. The Bertz CT molecular complexity index is 935. The second kappa shape index (κ2) is 44.0. The van der Waals surface area contributed by atoms with Crippen LogP contribution in [0.15, 0.2) is 0 Å². The fourth-order valence-electron chi connectivity index (χ4n) is 7.29. The predicted octanol–water partition coefficient (Wildman–Crippen LogP) is 13.4. The zero-order valence-corrected chi connectivity index (χ0v) is 38.7. The first-order valence-corrected chi connectivity index (χ1v) is 26.0. The molecule has 0 fully saturated rings. The van der Waals surface area contributed by atoms with Crippen LogP contribution in [-0.2, 0) is 32.7 Å². The molecular weight excluding hydrogens is 755 g/mol. The second-order valence-electron chi connectivity index (χ2n) is 16.8. The summed E-state index contributed by atoms with van der Waals surface area (Å²) in [5.74, 6) is -1.00. The number of carbonyl (C=O) groups excluding carboxylic acids is 2. The number of ether oxygens (including phenoxy) is 2. The predicted molar refractivity (Wildman–Crippen MR) is 238 cm³/mol. The summed E-state index contributed by atoms with van der Waals surface area (Å²) in [7, 11) is -4.63. The molecule has 0 aromatic heterocycles. The molecule has 0 saturated carbocycles. The molecule has 0 rings (SSSR count). The van der Waals surface area contributed by atoms with Crippen LogP contribution in [0.3, 0.4) is 0 Å². The molecule has 3 atom stereocenters. The van der Waals surface area contributed by atoms with Gasteiger partial charge in [-0.2, -0.15) is 0 Å². The highest BCUT2D eigenvalue weighted by molar-refractivity contribution is 7.47. The van der Waals surface area contributed by atoms with E-state index in [-0.39, 0.29) is 12.8 Å². The minimum atomic E-state index is -4.63. The van der Waals surface area contributed by atoms with Crippen LogP contribution in [0.1, 0.15) is 251 Å². The number of rotatable bonds is 47. The normalized spacial score (nSPS) is 13.7. The molecule has 0 aliphatic heterocycles. The number of aliphatic hydroxyl groups excluding tert-OH is 2. The van der Waals surface area contributed by atoms with Gasteiger partial charge in [0.15, 0.2) is 0 Å². The third kappa shape index (κ3) is 41.7. The monoisotopic (exact) mass is 849 g/mol. The smallest absolute Gasteiger partial charge is 0.457 e. The zero-order valence-electron chi connectivity index (χ0n) is 37.8. The van der Waals surface area contributed by atoms with Crippen LogP contribution in [-0.4, -0.2) is 65.7 Å². The van der Waals surface area contributed by atoms with E-state index in [1.165, 1.54) is 173 Å². The van der Waals surface area contributed by atoms with Crippen LogP contribution in [0.25, 0.3) is 0 Å². The Balaban J connectivity index is 3.82. The highest BCUT2D eigenvalue weighted by Gasteiger charge is 2.27. The third-order valence-corrected chi connectivity index (χ3v) is 12.0. The molecule has 10 nitrogen and oxygen atoms in total. The summed E-state index contributed by atoms with van der Waals surface area (Å²) in [4.78, 5) is 34.6. The molecule has 0 spiro atoms. The molecule has 58 heavy (non-hydrogen) atoms. The van der Waals surface area contributed by atoms with E-state index in [1.54, 1.807) is 0 Å². The van der Waals surface area contributed by atoms with Crippen LogP contribution in [0.4, 0.5) is 0 Å². The van der Waals surface area contributed by atoms with Crippen molar-refractivity contribution < 1.29 is 47.8 Å². The van der Waals surface area contributed by atoms with Gasteiger partial charge in [0, 0.05) is 12.8 Å². The molecule has 0 aliphatic rings. The Kier molecular flexibility index (Phi) is 43.3. The zero-order chi connectivity index (χ0) is 42.6. The maximum atomic E-state index is 12.4. The van der Waals surface area contributed by atoms with E-state index in [0.717, 1.165) is 38.5 Å². The standard InChI is InChI=1S/C47H93O10P/c1-3-5-7-9-11-13-15-17-19-21-23-25-27-29-31-33-35-37-39-47(51)57-45(41-49)43-55-58(52,53)54-42-44(40-48)56-46(50)38-36-34-32-30-28-26-24-22-20-18-16-14-12-10-8-6-4-2/h44-45,48-49H,3-43H2,1-2H3,(H,52,53). The molecule has 0 bridgehead atoms. The molecule has 0 amide bonds. The fraction of sp³-hybridized carbons (Fsp3) is 0.957. The highest BCUT2D eigenvalue weighted by atomic mass is 31.2. The number of phosphoric acid groups is 1. The highest BCUT2D eigenvalue weighted by Crippen LogP contribution is 2.43. The van der Waals surface area contributed by atoms with Crippen LogP contribution in [0.5, 0.6) is 0 Å². The van der Waals surface area contributed by atoms with Crippen molar-refractivity contribution in [3.63, 3.8) is 0 Å². The van der Waals surface area contributed by atoms with Crippen molar-refractivity contribution in [1.29, 1.82) is 0 Å². The van der Waals surface area contributed by atoms with Gasteiger partial charge in [0.2, 0.25) is 0 Å². The lowest BCUT2D eigenvalue weighted by Gasteiger charge is -2.20. The van der Waals surface area contributed by atoms with Crippen molar-refractivity contribution >= 4 is 19.8 Å². The Morgan fingerprint density at radius 1 is 0.397 bits per heavy atom. The fourth-order valence-corrected chi connectivity index (χ4v) is 8.08. The number of carbonyl (C=O) groups is 2. The number of esters is 2. The summed E-state index contributed by atoms with van der Waals surface area (Å²) >= 11 is 0. The number of unbranched alkanes of at least 4 members (excludes halogenated alkanes) is 33. The lowest BCUT2D eigenvalue weighted by molar-refractivity contribution is -0.153. The van der Waals surface area contributed by atoms with Crippen LogP contribution in [0.2, 0.25) is 0 Å². The number of phosphoric ester groups is 1. The Hall–Kier alpha value is -1.03.